The second-order valence-corrected chi connectivity index (χ2v) is 4.82. The van der Waals surface area contributed by atoms with E-state index in [-0.39, 0.29) is 12.5 Å². The zero-order chi connectivity index (χ0) is 11.6. The molecule has 3 nitrogen and oxygen atoms in total. The fraction of sp³-hybridized carbons (Fsp3) is 0.923. The third-order valence-electron chi connectivity index (χ3n) is 3.41. The molecule has 0 heterocycles. The second kappa shape index (κ2) is 8.57. The lowest BCUT2D eigenvalue weighted by Gasteiger charge is -2.20. The average Bonchev–Trinajstić information content (AvgIpc) is 2.33. The van der Waals surface area contributed by atoms with Crippen molar-refractivity contribution < 1.29 is 9.90 Å². The van der Waals surface area contributed by atoms with Crippen LogP contribution in [0.3, 0.4) is 0 Å². The number of amides is 1. The Balaban J connectivity index is 1.96. The van der Waals surface area contributed by atoms with Crippen molar-refractivity contribution in [1.82, 2.24) is 5.32 Å². The van der Waals surface area contributed by atoms with Gasteiger partial charge in [0.05, 0.1) is 0 Å². The Bertz CT molecular complexity index is 188. The Morgan fingerprint density at radius 1 is 1.19 bits per heavy atom. The number of rotatable bonds is 7. The number of nitrogens with one attached hydrogen (secondary N) is 1. The molecule has 16 heavy (non-hydrogen) atoms. The van der Waals surface area contributed by atoms with Gasteiger partial charge in [0.2, 0.25) is 5.91 Å². The van der Waals surface area contributed by atoms with Crippen LogP contribution in [-0.4, -0.2) is 24.2 Å². The molecule has 1 saturated carbocycles. The van der Waals surface area contributed by atoms with Crippen LogP contribution in [0.2, 0.25) is 0 Å². The molecule has 0 saturated heterocycles. The fourth-order valence-electron chi connectivity index (χ4n) is 2.36. The lowest BCUT2D eigenvalue weighted by atomic mass is 9.86. The highest BCUT2D eigenvalue weighted by atomic mass is 16.2. The molecule has 2 N–H and O–H groups in total. The fourth-order valence-corrected chi connectivity index (χ4v) is 2.36. The Morgan fingerprint density at radius 3 is 2.62 bits per heavy atom. The van der Waals surface area contributed by atoms with Crippen molar-refractivity contribution in [3.8, 4) is 0 Å². The van der Waals surface area contributed by atoms with Gasteiger partial charge in [0.15, 0.2) is 0 Å². The summed E-state index contributed by atoms with van der Waals surface area (Å²) in [6, 6.07) is 0. The number of carbonyl (C=O) groups is 1. The minimum absolute atomic E-state index is 0.184. The first-order valence-electron chi connectivity index (χ1n) is 6.70. The SMILES string of the molecule is O=C(CCC1CCCCC1)NCCCCO. The number of unbranched alkanes of at least 4 members (excludes halogenated alkanes) is 1. The van der Waals surface area contributed by atoms with Gasteiger partial charge < -0.3 is 10.4 Å². The van der Waals surface area contributed by atoms with E-state index in [2.05, 4.69) is 5.32 Å². The summed E-state index contributed by atoms with van der Waals surface area (Å²) in [5.74, 6) is 0.973. The van der Waals surface area contributed by atoms with Crippen LogP contribution in [0.5, 0.6) is 0 Å². The van der Waals surface area contributed by atoms with Gasteiger partial charge in [0.25, 0.3) is 0 Å². The normalized spacial score (nSPS) is 17.3. The standard InChI is InChI=1S/C13H25NO2/c15-11-5-4-10-14-13(16)9-8-12-6-2-1-3-7-12/h12,15H,1-11H2,(H,14,16). The average molecular weight is 227 g/mol. The van der Waals surface area contributed by atoms with Gasteiger partial charge in [-0.05, 0) is 25.2 Å². The van der Waals surface area contributed by atoms with E-state index in [1.54, 1.807) is 0 Å². The molecular formula is C13H25NO2. The van der Waals surface area contributed by atoms with E-state index in [0.717, 1.165) is 25.2 Å². The Hall–Kier alpha value is -0.570. The van der Waals surface area contributed by atoms with Crippen molar-refractivity contribution in [3.63, 3.8) is 0 Å². The van der Waals surface area contributed by atoms with Gasteiger partial charge in [0.1, 0.15) is 0 Å². The van der Waals surface area contributed by atoms with E-state index in [1.165, 1.54) is 32.1 Å². The maximum Gasteiger partial charge on any atom is 0.220 e. The predicted molar refractivity (Wildman–Crippen MR) is 65.1 cm³/mol. The first-order chi connectivity index (χ1) is 7.83. The van der Waals surface area contributed by atoms with Crippen LogP contribution in [0.4, 0.5) is 0 Å². The number of carbonyl (C=O) groups excluding carboxylic acids is 1. The summed E-state index contributed by atoms with van der Waals surface area (Å²) in [6.45, 7) is 0.933. The van der Waals surface area contributed by atoms with E-state index in [1.807, 2.05) is 0 Å². The molecular weight excluding hydrogens is 202 g/mol. The van der Waals surface area contributed by atoms with Gasteiger partial charge in [-0.3, -0.25) is 4.79 Å². The Kier molecular flexibility index (Phi) is 7.23. The molecule has 1 aliphatic carbocycles. The van der Waals surface area contributed by atoms with Gasteiger partial charge >= 0.3 is 0 Å². The highest BCUT2D eigenvalue weighted by Crippen LogP contribution is 2.27. The highest BCUT2D eigenvalue weighted by molar-refractivity contribution is 5.75. The van der Waals surface area contributed by atoms with Crippen molar-refractivity contribution in [1.29, 1.82) is 0 Å². The van der Waals surface area contributed by atoms with Crippen LogP contribution in [0, 0.1) is 5.92 Å². The molecule has 0 atom stereocenters. The van der Waals surface area contributed by atoms with Gasteiger partial charge in [-0.1, -0.05) is 32.1 Å². The lowest BCUT2D eigenvalue weighted by molar-refractivity contribution is -0.121. The molecule has 0 spiro atoms. The molecule has 0 radical (unpaired) electrons. The number of aliphatic hydroxyl groups excluding tert-OH is 1. The van der Waals surface area contributed by atoms with Crippen molar-refractivity contribution >= 4 is 5.91 Å². The molecule has 0 bridgehead atoms. The lowest BCUT2D eigenvalue weighted by Crippen LogP contribution is -2.25. The maximum atomic E-state index is 11.5. The van der Waals surface area contributed by atoms with Gasteiger partial charge in [-0.25, -0.2) is 0 Å². The summed E-state index contributed by atoms with van der Waals surface area (Å²) < 4.78 is 0. The van der Waals surface area contributed by atoms with Gasteiger partial charge in [-0.2, -0.15) is 0 Å². The summed E-state index contributed by atoms with van der Waals surface area (Å²) in [6.07, 6.45) is 10.1. The van der Waals surface area contributed by atoms with Crippen LogP contribution >= 0.6 is 0 Å². The van der Waals surface area contributed by atoms with Crippen LogP contribution in [0.15, 0.2) is 0 Å². The largest absolute Gasteiger partial charge is 0.396 e. The molecule has 3 heteroatoms. The Morgan fingerprint density at radius 2 is 1.94 bits per heavy atom. The van der Waals surface area contributed by atoms with Crippen LogP contribution in [0.1, 0.15) is 57.8 Å². The summed E-state index contributed by atoms with van der Waals surface area (Å²) in [7, 11) is 0. The molecule has 0 aromatic rings. The summed E-state index contributed by atoms with van der Waals surface area (Å²) in [5.41, 5.74) is 0. The Labute approximate surface area is 98.6 Å². The predicted octanol–water partition coefficient (Wildman–Crippen LogP) is 2.24. The van der Waals surface area contributed by atoms with Crippen LogP contribution in [-0.2, 0) is 4.79 Å². The molecule has 1 fully saturated rings. The molecule has 94 valence electrons. The first-order valence-corrected chi connectivity index (χ1v) is 6.70. The molecule has 1 rings (SSSR count). The molecule has 0 unspecified atom stereocenters. The van der Waals surface area contributed by atoms with Gasteiger partial charge in [0, 0.05) is 19.6 Å². The topological polar surface area (TPSA) is 49.3 Å². The molecule has 0 aliphatic heterocycles. The van der Waals surface area contributed by atoms with E-state index in [4.69, 9.17) is 5.11 Å². The monoisotopic (exact) mass is 227 g/mol. The van der Waals surface area contributed by atoms with Crippen molar-refractivity contribution in [3.05, 3.63) is 0 Å². The van der Waals surface area contributed by atoms with Crippen LogP contribution in [0.25, 0.3) is 0 Å². The van der Waals surface area contributed by atoms with E-state index in [0.29, 0.717) is 13.0 Å². The van der Waals surface area contributed by atoms with Crippen molar-refractivity contribution in [2.24, 2.45) is 5.92 Å². The third kappa shape index (κ3) is 6.11. The van der Waals surface area contributed by atoms with E-state index >= 15 is 0 Å². The third-order valence-corrected chi connectivity index (χ3v) is 3.41. The summed E-state index contributed by atoms with van der Waals surface area (Å²) in [4.78, 5) is 11.5. The number of aliphatic hydroxyl groups is 1. The zero-order valence-corrected chi connectivity index (χ0v) is 10.2. The summed E-state index contributed by atoms with van der Waals surface area (Å²) >= 11 is 0. The molecule has 0 aromatic heterocycles. The van der Waals surface area contributed by atoms with Crippen LogP contribution < -0.4 is 5.32 Å². The number of hydrogen-bond acceptors (Lipinski definition) is 2. The van der Waals surface area contributed by atoms with E-state index < -0.39 is 0 Å². The minimum atomic E-state index is 0.184. The molecule has 0 aromatic carbocycles. The first kappa shape index (κ1) is 13.5. The van der Waals surface area contributed by atoms with Gasteiger partial charge in [-0.15, -0.1) is 0 Å². The minimum Gasteiger partial charge on any atom is -0.396 e. The van der Waals surface area contributed by atoms with E-state index in [9.17, 15) is 4.79 Å². The smallest absolute Gasteiger partial charge is 0.220 e. The molecule has 1 amide bonds. The summed E-state index contributed by atoms with van der Waals surface area (Å²) in [5, 5.41) is 11.5. The number of hydrogen-bond donors (Lipinski definition) is 2. The van der Waals surface area contributed by atoms with Crippen molar-refractivity contribution in [2.75, 3.05) is 13.2 Å². The molecule has 1 aliphatic rings. The maximum absolute atomic E-state index is 11.5. The van der Waals surface area contributed by atoms with Crippen molar-refractivity contribution in [2.45, 2.75) is 57.8 Å². The highest BCUT2D eigenvalue weighted by Gasteiger charge is 2.14. The second-order valence-electron chi connectivity index (χ2n) is 4.82. The zero-order valence-electron chi connectivity index (χ0n) is 10.2. The quantitative estimate of drug-likeness (QED) is 0.655.